The molecule has 24 heavy (non-hydrogen) atoms. The second-order valence-corrected chi connectivity index (χ2v) is 5.96. The van der Waals surface area contributed by atoms with Crippen LogP contribution in [0, 0.1) is 0 Å². The lowest BCUT2D eigenvalue weighted by atomic mass is 10.0. The van der Waals surface area contributed by atoms with Gasteiger partial charge < -0.3 is 14.2 Å². The SMILES string of the molecule is COc1cccc(OC)c1-c1ccc(OCCN2CCCC2)cc1. The first-order chi connectivity index (χ1) is 11.8. The molecule has 1 aliphatic heterocycles. The Morgan fingerprint density at radius 3 is 2.08 bits per heavy atom. The van der Waals surface area contributed by atoms with Crippen LogP contribution < -0.4 is 14.2 Å². The summed E-state index contributed by atoms with van der Waals surface area (Å²) in [5, 5.41) is 0. The lowest BCUT2D eigenvalue weighted by Gasteiger charge is -2.16. The van der Waals surface area contributed by atoms with Gasteiger partial charge >= 0.3 is 0 Å². The smallest absolute Gasteiger partial charge is 0.130 e. The largest absolute Gasteiger partial charge is 0.496 e. The molecular weight excluding hydrogens is 302 g/mol. The Kier molecular flexibility index (Phi) is 5.59. The first kappa shape index (κ1) is 16.7. The van der Waals surface area contributed by atoms with E-state index in [0.717, 1.165) is 41.5 Å². The summed E-state index contributed by atoms with van der Waals surface area (Å²) < 4.78 is 16.8. The first-order valence-corrected chi connectivity index (χ1v) is 8.48. The minimum absolute atomic E-state index is 0.733. The summed E-state index contributed by atoms with van der Waals surface area (Å²) >= 11 is 0. The third-order valence-corrected chi connectivity index (χ3v) is 4.45. The minimum atomic E-state index is 0.733. The van der Waals surface area contributed by atoms with Gasteiger partial charge in [-0.05, 0) is 55.8 Å². The van der Waals surface area contributed by atoms with Crippen molar-refractivity contribution in [2.45, 2.75) is 12.8 Å². The molecule has 0 N–H and O–H groups in total. The maximum atomic E-state index is 5.87. The Morgan fingerprint density at radius 1 is 0.875 bits per heavy atom. The van der Waals surface area contributed by atoms with Crippen molar-refractivity contribution in [2.24, 2.45) is 0 Å². The molecule has 0 aromatic heterocycles. The second-order valence-electron chi connectivity index (χ2n) is 5.96. The summed E-state index contributed by atoms with van der Waals surface area (Å²) in [7, 11) is 3.35. The van der Waals surface area contributed by atoms with Gasteiger partial charge in [-0.1, -0.05) is 18.2 Å². The lowest BCUT2D eigenvalue weighted by Crippen LogP contribution is -2.25. The molecule has 4 heteroatoms. The monoisotopic (exact) mass is 327 g/mol. The van der Waals surface area contributed by atoms with E-state index in [1.807, 2.05) is 42.5 Å². The van der Waals surface area contributed by atoms with Crippen molar-refractivity contribution < 1.29 is 14.2 Å². The highest BCUT2D eigenvalue weighted by Crippen LogP contribution is 2.38. The molecule has 1 saturated heterocycles. The van der Waals surface area contributed by atoms with Gasteiger partial charge in [0, 0.05) is 6.54 Å². The van der Waals surface area contributed by atoms with Gasteiger partial charge in [0.2, 0.25) is 0 Å². The molecule has 1 fully saturated rings. The van der Waals surface area contributed by atoms with Crippen LogP contribution in [0.1, 0.15) is 12.8 Å². The first-order valence-electron chi connectivity index (χ1n) is 8.48. The highest BCUT2D eigenvalue weighted by Gasteiger charge is 2.13. The van der Waals surface area contributed by atoms with E-state index in [4.69, 9.17) is 14.2 Å². The van der Waals surface area contributed by atoms with E-state index in [-0.39, 0.29) is 0 Å². The number of methoxy groups -OCH3 is 2. The van der Waals surface area contributed by atoms with E-state index in [1.165, 1.54) is 25.9 Å². The Labute approximate surface area is 144 Å². The van der Waals surface area contributed by atoms with E-state index >= 15 is 0 Å². The molecule has 3 rings (SSSR count). The van der Waals surface area contributed by atoms with Crippen LogP contribution in [0.25, 0.3) is 11.1 Å². The van der Waals surface area contributed by atoms with Gasteiger partial charge in [-0.3, -0.25) is 4.90 Å². The topological polar surface area (TPSA) is 30.9 Å². The maximum Gasteiger partial charge on any atom is 0.130 e. The molecule has 1 heterocycles. The van der Waals surface area contributed by atoms with Crippen molar-refractivity contribution in [3.63, 3.8) is 0 Å². The van der Waals surface area contributed by atoms with Gasteiger partial charge in [-0.15, -0.1) is 0 Å². The number of hydrogen-bond donors (Lipinski definition) is 0. The summed E-state index contributed by atoms with van der Waals surface area (Å²) in [5.74, 6) is 2.50. The number of rotatable bonds is 7. The zero-order valence-corrected chi connectivity index (χ0v) is 14.5. The molecule has 4 nitrogen and oxygen atoms in total. The highest BCUT2D eigenvalue weighted by molar-refractivity contribution is 5.77. The Morgan fingerprint density at radius 2 is 1.50 bits per heavy atom. The van der Waals surface area contributed by atoms with Crippen LogP contribution in [0.15, 0.2) is 42.5 Å². The van der Waals surface area contributed by atoms with E-state index in [9.17, 15) is 0 Å². The summed E-state index contributed by atoms with van der Waals surface area (Å²) in [5.41, 5.74) is 2.02. The summed E-state index contributed by atoms with van der Waals surface area (Å²) in [4.78, 5) is 2.45. The molecule has 0 radical (unpaired) electrons. The third-order valence-electron chi connectivity index (χ3n) is 4.45. The van der Waals surface area contributed by atoms with Gasteiger partial charge in [0.25, 0.3) is 0 Å². The van der Waals surface area contributed by atoms with Crippen LogP contribution >= 0.6 is 0 Å². The molecule has 0 amide bonds. The van der Waals surface area contributed by atoms with E-state index in [2.05, 4.69) is 4.90 Å². The minimum Gasteiger partial charge on any atom is -0.496 e. The van der Waals surface area contributed by atoms with Crippen LogP contribution in [0.2, 0.25) is 0 Å². The van der Waals surface area contributed by atoms with E-state index in [1.54, 1.807) is 14.2 Å². The third kappa shape index (κ3) is 3.82. The fraction of sp³-hybridized carbons (Fsp3) is 0.400. The standard InChI is InChI=1S/C20H25NO3/c1-22-18-6-5-7-19(23-2)20(18)16-8-10-17(11-9-16)24-15-14-21-12-3-4-13-21/h5-11H,3-4,12-15H2,1-2H3. The molecule has 0 atom stereocenters. The molecule has 0 aliphatic carbocycles. The summed E-state index contributed by atoms with van der Waals surface area (Å²) in [6, 6.07) is 13.9. The fourth-order valence-electron chi connectivity index (χ4n) is 3.15. The average Bonchev–Trinajstić information content (AvgIpc) is 3.15. The maximum absolute atomic E-state index is 5.87. The zero-order valence-electron chi connectivity index (χ0n) is 14.5. The second kappa shape index (κ2) is 8.06. The molecule has 0 saturated carbocycles. The van der Waals surface area contributed by atoms with Gasteiger partial charge in [-0.25, -0.2) is 0 Å². The molecule has 1 aliphatic rings. The van der Waals surface area contributed by atoms with Gasteiger partial charge in [-0.2, -0.15) is 0 Å². The number of hydrogen-bond acceptors (Lipinski definition) is 4. The zero-order chi connectivity index (χ0) is 16.8. The van der Waals surface area contributed by atoms with Crippen molar-refractivity contribution in [3.8, 4) is 28.4 Å². The van der Waals surface area contributed by atoms with Crippen LogP contribution in [-0.2, 0) is 0 Å². The number of nitrogens with zero attached hydrogens (tertiary/aromatic N) is 1. The lowest BCUT2D eigenvalue weighted by molar-refractivity contribution is 0.238. The van der Waals surface area contributed by atoms with Crippen LogP contribution in [0.3, 0.4) is 0 Å². The number of ether oxygens (including phenoxy) is 3. The van der Waals surface area contributed by atoms with Crippen LogP contribution in [0.5, 0.6) is 17.2 Å². The Bertz CT molecular complexity index is 626. The fourth-order valence-corrected chi connectivity index (χ4v) is 3.15. The number of benzene rings is 2. The van der Waals surface area contributed by atoms with Gasteiger partial charge in [0.1, 0.15) is 23.9 Å². The van der Waals surface area contributed by atoms with Crippen molar-refractivity contribution >= 4 is 0 Å². The molecule has 0 spiro atoms. The molecule has 128 valence electrons. The predicted octanol–water partition coefficient (Wildman–Crippen LogP) is 3.85. The number of likely N-dealkylation sites (tertiary alicyclic amines) is 1. The van der Waals surface area contributed by atoms with E-state index < -0.39 is 0 Å². The highest BCUT2D eigenvalue weighted by atomic mass is 16.5. The van der Waals surface area contributed by atoms with Crippen molar-refractivity contribution in [3.05, 3.63) is 42.5 Å². The molecule has 0 unspecified atom stereocenters. The van der Waals surface area contributed by atoms with Crippen LogP contribution in [-0.4, -0.2) is 45.4 Å². The Balaban J connectivity index is 1.68. The van der Waals surface area contributed by atoms with Crippen LogP contribution in [0.4, 0.5) is 0 Å². The quantitative estimate of drug-likeness (QED) is 0.773. The van der Waals surface area contributed by atoms with E-state index in [0.29, 0.717) is 0 Å². The predicted molar refractivity (Wildman–Crippen MR) is 96.2 cm³/mol. The molecule has 0 bridgehead atoms. The molecule has 2 aromatic rings. The molecular formula is C20H25NO3. The summed E-state index contributed by atoms with van der Waals surface area (Å²) in [6.07, 6.45) is 2.63. The van der Waals surface area contributed by atoms with Crippen molar-refractivity contribution in [2.75, 3.05) is 40.5 Å². The van der Waals surface area contributed by atoms with Crippen molar-refractivity contribution in [1.29, 1.82) is 0 Å². The summed E-state index contributed by atoms with van der Waals surface area (Å²) in [6.45, 7) is 4.14. The van der Waals surface area contributed by atoms with Crippen molar-refractivity contribution in [1.82, 2.24) is 4.90 Å². The Hall–Kier alpha value is -2.20. The molecule has 2 aromatic carbocycles. The average molecular weight is 327 g/mol. The normalized spacial score (nSPS) is 14.6. The van der Waals surface area contributed by atoms with Gasteiger partial charge in [0.05, 0.1) is 19.8 Å². The van der Waals surface area contributed by atoms with Gasteiger partial charge in [0.15, 0.2) is 0 Å².